The van der Waals surface area contributed by atoms with Crippen molar-refractivity contribution in [2.24, 2.45) is 0 Å². The van der Waals surface area contributed by atoms with Crippen LogP contribution in [0.4, 0.5) is 13.2 Å². The van der Waals surface area contributed by atoms with Crippen molar-refractivity contribution in [2.75, 3.05) is 33.0 Å². The summed E-state index contributed by atoms with van der Waals surface area (Å²) in [5, 5.41) is 0.885. The Bertz CT molecular complexity index is 2020. The molecule has 7 rings (SSSR count). The lowest BCUT2D eigenvalue weighted by atomic mass is 10.0. The summed E-state index contributed by atoms with van der Waals surface area (Å²) in [5.41, 5.74) is 1.34. The molecule has 2 aliphatic heterocycles. The van der Waals surface area contributed by atoms with Crippen LogP contribution in [0.1, 0.15) is 27.0 Å². The van der Waals surface area contributed by atoms with E-state index in [4.69, 9.17) is 14.2 Å². The molecule has 4 heterocycles. The van der Waals surface area contributed by atoms with Gasteiger partial charge in [-0.2, -0.15) is 0 Å². The summed E-state index contributed by atoms with van der Waals surface area (Å²) < 4.78 is 60.7. The molecule has 1 fully saturated rings. The highest BCUT2D eigenvalue weighted by molar-refractivity contribution is 5.97. The number of Topliss-reactive ketones (excluding diaryl/α,β-unsaturated/α-hetero) is 1. The molecule has 0 saturated carbocycles. The van der Waals surface area contributed by atoms with Crippen molar-refractivity contribution in [1.82, 2.24) is 19.4 Å². The highest BCUT2D eigenvalue weighted by Crippen LogP contribution is 2.33. The van der Waals surface area contributed by atoms with Crippen LogP contribution in [0.25, 0.3) is 10.9 Å². The average Bonchev–Trinajstić information content (AvgIpc) is 3.73. The van der Waals surface area contributed by atoms with Gasteiger partial charge in [0.2, 0.25) is 18.6 Å². The van der Waals surface area contributed by atoms with Gasteiger partial charge in [0.25, 0.3) is 0 Å². The van der Waals surface area contributed by atoms with Crippen LogP contribution in [0, 0.1) is 24.4 Å². The zero-order valence-electron chi connectivity index (χ0n) is 26.0. The van der Waals surface area contributed by atoms with Crippen molar-refractivity contribution in [3.05, 3.63) is 113 Å². The first kappa shape index (κ1) is 31.3. The first-order chi connectivity index (χ1) is 23.2. The number of nitrogens with zero attached hydrogens (tertiary/aromatic N) is 4. The number of piperazine rings is 1. The molecule has 0 radical (unpaired) electrons. The van der Waals surface area contributed by atoms with E-state index in [2.05, 4.69) is 9.88 Å². The maximum absolute atomic E-state index is 14.2. The van der Waals surface area contributed by atoms with Crippen LogP contribution < -0.4 is 14.2 Å². The Balaban J connectivity index is 0.924. The second kappa shape index (κ2) is 13.0. The van der Waals surface area contributed by atoms with E-state index in [0.717, 1.165) is 54.5 Å². The van der Waals surface area contributed by atoms with E-state index in [-0.39, 0.29) is 31.5 Å². The zero-order valence-corrected chi connectivity index (χ0v) is 26.0. The summed E-state index contributed by atoms with van der Waals surface area (Å²) in [7, 11) is 0. The molecule has 1 amide bonds. The summed E-state index contributed by atoms with van der Waals surface area (Å²) in [6.07, 6.45) is 2.98. The minimum absolute atomic E-state index is 0.0544. The molecule has 2 aromatic heterocycles. The standard InChI is InChI=1S/C36H31F3N4O5/c1-22-28(37)17-27(36(39)35(22)38)30(44)14-23-3-7-33(40-18-23)48-26-4-5-29-25(16-26)8-9-43(29)20-34(45)42-12-10-41(11-13-42)19-24-2-6-31-32(15-24)47-21-46-31/h2-9,15-18H,10-14,19-21H2,1H3. The van der Waals surface area contributed by atoms with Crippen LogP contribution in [0.15, 0.2) is 73.1 Å². The average molecular weight is 657 g/mol. The second-order valence-corrected chi connectivity index (χ2v) is 11.9. The van der Waals surface area contributed by atoms with Gasteiger partial charge in [0, 0.05) is 74.1 Å². The molecule has 0 atom stereocenters. The van der Waals surface area contributed by atoms with Gasteiger partial charge in [-0.05, 0) is 60.5 Å². The number of aromatic nitrogens is 2. The molecule has 12 heteroatoms. The molecule has 0 spiro atoms. The van der Waals surface area contributed by atoms with E-state index in [0.29, 0.717) is 30.5 Å². The molecule has 2 aliphatic rings. The van der Waals surface area contributed by atoms with Gasteiger partial charge in [0.1, 0.15) is 18.1 Å². The number of carbonyl (C=O) groups excluding carboxylic acids is 2. The van der Waals surface area contributed by atoms with E-state index in [1.54, 1.807) is 18.2 Å². The fourth-order valence-electron chi connectivity index (χ4n) is 5.94. The molecule has 0 aliphatic carbocycles. The van der Waals surface area contributed by atoms with Crippen LogP contribution in [0.3, 0.4) is 0 Å². The molecule has 3 aromatic carbocycles. The summed E-state index contributed by atoms with van der Waals surface area (Å²) in [4.78, 5) is 34.2. The van der Waals surface area contributed by atoms with Crippen molar-refractivity contribution in [2.45, 2.75) is 26.4 Å². The molecule has 246 valence electrons. The third-order valence-electron chi connectivity index (χ3n) is 8.69. The summed E-state index contributed by atoms with van der Waals surface area (Å²) in [5.74, 6) is -2.12. The van der Waals surface area contributed by atoms with Crippen molar-refractivity contribution >= 4 is 22.6 Å². The molecule has 9 nitrogen and oxygen atoms in total. The zero-order chi connectivity index (χ0) is 33.4. The van der Waals surface area contributed by atoms with Crippen molar-refractivity contribution < 1.29 is 37.0 Å². The van der Waals surface area contributed by atoms with Gasteiger partial charge in [-0.25, -0.2) is 18.2 Å². The quantitative estimate of drug-likeness (QED) is 0.141. The fourth-order valence-corrected chi connectivity index (χ4v) is 5.94. The van der Waals surface area contributed by atoms with Crippen LogP contribution in [-0.4, -0.2) is 64.0 Å². The number of benzene rings is 3. The van der Waals surface area contributed by atoms with E-state index in [1.807, 2.05) is 52.1 Å². The minimum atomic E-state index is -1.37. The monoisotopic (exact) mass is 656 g/mol. The van der Waals surface area contributed by atoms with Gasteiger partial charge in [-0.1, -0.05) is 12.1 Å². The van der Waals surface area contributed by atoms with Crippen molar-refractivity contribution in [3.8, 4) is 23.1 Å². The van der Waals surface area contributed by atoms with Gasteiger partial charge in [-0.15, -0.1) is 0 Å². The first-order valence-electron chi connectivity index (χ1n) is 15.5. The van der Waals surface area contributed by atoms with Crippen LogP contribution >= 0.6 is 0 Å². The third-order valence-corrected chi connectivity index (χ3v) is 8.69. The largest absolute Gasteiger partial charge is 0.454 e. The van der Waals surface area contributed by atoms with Gasteiger partial charge in [-0.3, -0.25) is 14.5 Å². The lowest BCUT2D eigenvalue weighted by molar-refractivity contribution is -0.133. The number of carbonyl (C=O) groups is 2. The Morgan fingerprint density at radius 2 is 1.67 bits per heavy atom. The normalized spacial score (nSPS) is 14.5. The summed E-state index contributed by atoms with van der Waals surface area (Å²) >= 11 is 0. The third kappa shape index (κ3) is 6.43. The van der Waals surface area contributed by atoms with Crippen molar-refractivity contribution in [1.29, 1.82) is 0 Å². The molecular weight excluding hydrogens is 625 g/mol. The Morgan fingerprint density at radius 3 is 2.46 bits per heavy atom. The highest BCUT2D eigenvalue weighted by Gasteiger charge is 2.23. The number of ketones is 1. The predicted octanol–water partition coefficient (Wildman–Crippen LogP) is 6.05. The van der Waals surface area contributed by atoms with E-state index >= 15 is 0 Å². The fraction of sp³-hybridized carbons (Fsp3) is 0.250. The molecule has 0 bridgehead atoms. The lowest BCUT2D eigenvalue weighted by Gasteiger charge is -2.35. The number of fused-ring (bicyclic) bond motifs is 2. The van der Waals surface area contributed by atoms with E-state index < -0.39 is 34.4 Å². The number of hydrogen-bond acceptors (Lipinski definition) is 7. The topological polar surface area (TPSA) is 86.1 Å². The van der Waals surface area contributed by atoms with Gasteiger partial charge in [0.15, 0.2) is 28.9 Å². The Hall–Kier alpha value is -5.36. The number of rotatable bonds is 9. The number of hydrogen-bond donors (Lipinski definition) is 0. The van der Waals surface area contributed by atoms with E-state index in [9.17, 15) is 22.8 Å². The summed E-state index contributed by atoms with van der Waals surface area (Å²) in [6, 6.07) is 17.2. The molecule has 1 saturated heterocycles. The molecule has 0 unspecified atom stereocenters. The Morgan fingerprint density at radius 1 is 0.875 bits per heavy atom. The highest BCUT2D eigenvalue weighted by atomic mass is 19.2. The van der Waals surface area contributed by atoms with E-state index in [1.165, 1.54) is 6.20 Å². The lowest BCUT2D eigenvalue weighted by Crippen LogP contribution is -2.49. The van der Waals surface area contributed by atoms with Gasteiger partial charge in [0.05, 0.1) is 5.56 Å². The molecule has 0 N–H and O–H groups in total. The second-order valence-electron chi connectivity index (χ2n) is 11.9. The number of amides is 1. The number of halogens is 3. The SMILES string of the molecule is Cc1c(F)cc(C(=O)Cc2ccc(Oc3ccc4c(ccn4CC(=O)N4CCN(Cc5ccc6c(c5)OCO6)CC4)c3)nc2)c(F)c1F. The van der Waals surface area contributed by atoms with Crippen molar-refractivity contribution in [3.63, 3.8) is 0 Å². The first-order valence-corrected chi connectivity index (χ1v) is 15.5. The van der Waals surface area contributed by atoms with Crippen LogP contribution in [0.2, 0.25) is 0 Å². The summed E-state index contributed by atoms with van der Waals surface area (Å²) in [6.45, 7) is 5.23. The molecule has 48 heavy (non-hydrogen) atoms. The van der Waals surface area contributed by atoms with Gasteiger partial charge < -0.3 is 23.7 Å². The smallest absolute Gasteiger partial charge is 0.242 e. The number of ether oxygens (including phenoxy) is 3. The Labute approximate surface area is 274 Å². The van der Waals surface area contributed by atoms with Crippen LogP contribution in [-0.2, 0) is 24.3 Å². The maximum atomic E-state index is 14.2. The van der Waals surface area contributed by atoms with Crippen LogP contribution in [0.5, 0.6) is 23.1 Å². The van der Waals surface area contributed by atoms with Gasteiger partial charge >= 0.3 is 0 Å². The predicted molar refractivity (Wildman–Crippen MR) is 170 cm³/mol. The Kier molecular flexibility index (Phi) is 8.49. The maximum Gasteiger partial charge on any atom is 0.242 e. The number of pyridine rings is 1. The molecular formula is C36H31F3N4O5. The molecule has 5 aromatic rings. The minimum Gasteiger partial charge on any atom is -0.454 e.